The third-order valence-electron chi connectivity index (χ3n) is 10.1. The molecule has 4 aliphatic carbocycles. The van der Waals surface area contributed by atoms with Crippen LogP contribution in [0, 0.1) is 41.4 Å². The normalized spacial score (nSPS) is 48.3. The van der Waals surface area contributed by atoms with Crippen LogP contribution in [0.5, 0.6) is 0 Å². The fourth-order valence-electron chi connectivity index (χ4n) is 8.09. The van der Waals surface area contributed by atoms with Crippen LogP contribution in [-0.2, 0) is 7.05 Å². The van der Waals surface area contributed by atoms with Gasteiger partial charge in [-0.1, -0.05) is 13.8 Å². The molecule has 4 fully saturated rings. The molecule has 0 saturated heterocycles. The van der Waals surface area contributed by atoms with Gasteiger partial charge in [-0.05, 0) is 99.0 Å². The first kappa shape index (κ1) is 19.8. The Kier molecular flexibility index (Phi) is 4.57. The minimum Gasteiger partial charge on any atom is -0.393 e. The van der Waals surface area contributed by atoms with E-state index in [1.807, 2.05) is 17.9 Å². The zero-order valence-electron chi connectivity index (χ0n) is 18.6. The second-order valence-corrected chi connectivity index (χ2v) is 11.3. The molecule has 4 aliphatic rings. The average molecular weight is 399 g/mol. The summed E-state index contributed by atoms with van der Waals surface area (Å²) in [6.07, 6.45) is 12.9. The van der Waals surface area contributed by atoms with Gasteiger partial charge in [0.15, 0.2) is 0 Å². The van der Waals surface area contributed by atoms with Crippen LogP contribution in [0.25, 0.3) is 6.08 Å². The largest absolute Gasteiger partial charge is 0.393 e. The third kappa shape index (κ3) is 2.81. The van der Waals surface area contributed by atoms with Crippen LogP contribution in [0.4, 0.5) is 0 Å². The lowest BCUT2D eigenvalue weighted by molar-refractivity contribution is -0.133. The van der Waals surface area contributed by atoms with Crippen LogP contribution < -0.4 is 0 Å². The Morgan fingerprint density at radius 3 is 2.55 bits per heavy atom. The molecule has 0 bridgehead atoms. The number of rotatable bonds is 1. The molecule has 0 aliphatic heterocycles. The van der Waals surface area contributed by atoms with Crippen molar-refractivity contribution in [3.8, 4) is 0 Å². The lowest BCUT2D eigenvalue weighted by atomic mass is 9.45. The molecule has 4 nitrogen and oxygen atoms in total. The van der Waals surface area contributed by atoms with Crippen molar-refractivity contribution in [2.45, 2.75) is 84.3 Å². The highest BCUT2D eigenvalue weighted by Gasteiger charge is 2.61. The molecule has 4 saturated carbocycles. The Bertz CT molecular complexity index is 829. The molecule has 0 spiro atoms. The number of hydrogen-bond donors (Lipinski definition) is 2. The minimum absolute atomic E-state index is 0.0144. The molecule has 5 rings (SSSR count). The van der Waals surface area contributed by atoms with E-state index in [0.717, 1.165) is 48.8 Å². The number of aliphatic hydroxyl groups is 2. The van der Waals surface area contributed by atoms with Gasteiger partial charge in [-0.3, -0.25) is 4.68 Å². The van der Waals surface area contributed by atoms with E-state index in [-0.39, 0.29) is 17.6 Å². The number of aryl methyl sites for hydroxylation is 1. The lowest BCUT2D eigenvalue weighted by Crippen LogP contribution is -2.54. The molecule has 1 heterocycles. The minimum atomic E-state index is -0.327. The molecule has 1 aromatic heterocycles. The lowest BCUT2D eigenvalue weighted by Gasteiger charge is -2.60. The maximum Gasteiger partial charge on any atom is 0.0809 e. The maximum atomic E-state index is 11.4. The van der Waals surface area contributed by atoms with Gasteiger partial charge in [0.25, 0.3) is 0 Å². The van der Waals surface area contributed by atoms with Crippen LogP contribution in [0.3, 0.4) is 0 Å². The summed E-state index contributed by atoms with van der Waals surface area (Å²) in [7, 11) is 1.98. The highest BCUT2D eigenvalue weighted by atomic mass is 16.3. The molecule has 1 aromatic rings. The van der Waals surface area contributed by atoms with Crippen molar-refractivity contribution in [1.29, 1.82) is 0 Å². The Labute approximate surface area is 175 Å². The summed E-state index contributed by atoms with van der Waals surface area (Å²) in [6.45, 7) is 6.99. The molecule has 0 aromatic carbocycles. The summed E-state index contributed by atoms with van der Waals surface area (Å²) in [4.78, 5) is 0. The van der Waals surface area contributed by atoms with Gasteiger partial charge in [0.05, 0.1) is 18.4 Å². The van der Waals surface area contributed by atoms with Crippen molar-refractivity contribution in [2.24, 2.45) is 41.5 Å². The topological polar surface area (TPSA) is 58.3 Å². The summed E-state index contributed by atoms with van der Waals surface area (Å²) in [6, 6.07) is 0. The quantitative estimate of drug-likeness (QED) is 0.733. The average Bonchev–Trinajstić information content (AvgIpc) is 3.14. The second-order valence-electron chi connectivity index (χ2n) is 11.3. The number of aliphatic hydroxyl groups excluding tert-OH is 2. The van der Waals surface area contributed by atoms with Crippen molar-refractivity contribution < 1.29 is 10.2 Å². The predicted octanol–water partition coefficient (Wildman–Crippen LogP) is 4.49. The van der Waals surface area contributed by atoms with Gasteiger partial charge < -0.3 is 10.2 Å². The molecule has 0 radical (unpaired) electrons. The van der Waals surface area contributed by atoms with Crippen molar-refractivity contribution in [3.63, 3.8) is 0 Å². The second kappa shape index (κ2) is 6.68. The monoisotopic (exact) mass is 398 g/mol. The number of nitrogens with zero attached hydrogens (tertiary/aromatic N) is 2. The van der Waals surface area contributed by atoms with E-state index in [2.05, 4.69) is 31.9 Å². The van der Waals surface area contributed by atoms with Crippen LogP contribution >= 0.6 is 0 Å². The predicted molar refractivity (Wildman–Crippen MR) is 115 cm³/mol. The van der Waals surface area contributed by atoms with E-state index >= 15 is 0 Å². The summed E-state index contributed by atoms with van der Waals surface area (Å²) in [5.41, 5.74) is 3.94. The Balaban J connectivity index is 1.45. The molecular weight excluding hydrogens is 360 g/mol. The van der Waals surface area contributed by atoms with E-state index in [0.29, 0.717) is 17.3 Å². The highest BCUT2D eigenvalue weighted by Crippen LogP contribution is 2.67. The number of hydrogen-bond acceptors (Lipinski definition) is 3. The molecule has 0 unspecified atom stereocenters. The zero-order valence-corrected chi connectivity index (χ0v) is 18.6. The Morgan fingerprint density at radius 2 is 1.83 bits per heavy atom. The van der Waals surface area contributed by atoms with Crippen LogP contribution in [0.15, 0.2) is 11.8 Å². The number of fused-ring (bicyclic) bond motifs is 5. The number of aromatic nitrogens is 2. The molecule has 4 heteroatoms. The van der Waals surface area contributed by atoms with Gasteiger partial charge in [0.2, 0.25) is 0 Å². The third-order valence-corrected chi connectivity index (χ3v) is 10.1. The first-order valence-electron chi connectivity index (χ1n) is 11.8. The standard InChI is InChI=1S/C25H38N2O2/c1-15-17(14-26-27(15)4)11-16-12-22-20-6-5-18-13-19(28)7-9-24(18,2)21(20)8-10-25(22,3)23(16)29/h11,14,18-23,28-29H,5-10,12-13H2,1-4H3/b16-11+/t18-,19+,20-,21+,22+,23-,24+,25+/m1/s1. The molecule has 160 valence electrons. The summed E-state index contributed by atoms with van der Waals surface area (Å²) >= 11 is 0. The van der Waals surface area contributed by atoms with Crippen molar-refractivity contribution in [2.75, 3.05) is 0 Å². The molecular formula is C25H38N2O2. The van der Waals surface area contributed by atoms with E-state index in [9.17, 15) is 10.2 Å². The van der Waals surface area contributed by atoms with Crippen LogP contribution in [0.1, 0.15) is 76.5 Å². The molecule has 0 amide bonds. The van der Waals surface area contributed by atoms with E-state index < -0.39 is 0 Å². The highest BCUT2D eigenvalue weighted by molar-refractivity contribution is 5.57. The first-order valence-corrected chi connectivity index (χ1v) is 11.8. The van der Waals surface area contributed by atoms with Gasteiger partial charge >= 0.3 is 0 Å². The zero-order chi connectivity index (χ0) is 20.6. The van der Waals surface area contributed by atoms with E-state index in [1.165, 1.54) is 31.3 Å². The summed E-state index contributed by atoms with van der Waals surface area (Å²) in [5, 5.41) is 26.0. The molecule has 8 atom stereocenters. The van der Waals surface area contributed by atoms with Crippen molar-refractivity contribution in [3.05, 3.63) is 23.0 Å². The van der Waals surface area contributed by atoms with Crippen molar-refractivity contribution in [1.82, 2.24) is 9.78 Å². The summed E-state index contributed by atoms with van der Waals surface area (Å²) < 4.78 is 1.91. The Hall–Kier alpha value is -1.13. The van der Waals surface area contributed by atoms with Crippen molar-refractivity contribution >= 4 is 6.08 Å². The van der Waals surface area contributed by atoms with E-state index in [1.54, 1.807) is 0 Å². The maximum absolute atomic E-state index is 11.4. The molecule has 29 heavy (non-hydrogen) atoms. The molecule has 2 N–H and O–H groups in total. The van der Waals surface area contributed by atoms with Gasteiger partial charge in [-0.15, -0.1) is 0 Å². The summed E-state index contributed by atoms with van der Waals surface area (Å²) in [5.74, 6) is 2.76. The van der Waals surface area contributed by atoms with Gasteiger partial charge in [0.1, 0.15) is 0 Å². The van der Waals surface area contributed by atoms with Crippen LogP contribution in [-0.4, -0.2) is 32.2 Å². The fraction of sp³-hybridized carbons (Fsp3) is 0.800. The smallest absolute Gasteiger partial charge is 0.0809 e. The van der Waals surface area contributed by atoms with Crippen LogP contribution in [0.2, 0.25) is 0 Å². The SMILES string of the molecule is Cc1c(/C=C2\C[C@H]3[C@@H]4CC[C@@H]5C[C@@H](O)CC[C@]5(C)[C@H]4CC[C@]3(C)[C@@H]2O)cnn1C. The van der Waals surface area contributed by atoms with Gasteiger partial charge in [-0.2, -0.15) is 5.10 Å². The van der Waals surface area contributed by atoms with Gasteiger partial charge in [0, 0.05) is 23.7 Å². The first-order chi connectivity index (χ1) is 13.7. The fourth-order valence-corrected chi connectivity index (χ4v) is 8.09. The van der Waals surface area contributed by atoms with Gasteiger partial charge in [-0.25, -0.2) is 0 Å². The Morgan fingerprint density at radius 1 is 1.07 bits per heavy atom. The van der Waals surface area contributed by atoms with E-state index in [4.69, 9.17) is 0 Å².